The predicted octanol–water partition coefficient (Wildman–Crippen LogP) is 1.73. The van der Waals surface area contributed by atoms with Crippen LogP contribution >= 0.6 is 0 Å². The zero-order chi connectivity index (χ0) is 17.3. The van der Waals surface area contributed by atoms with E-state index in [0.29, 0.717) is 6.61 Å². The second-order valence-corrected chi connectivity index (χ2v) is 7.10. The van der Waals surface area contributed by atoms with Crippen LogP contribution in [0.4, 0.5) is 0 Å². The van der Waals surface area contributed by atoms with Gasteiger partial charge in [0.2, 0.25) is 0 Å². The monoisotopic (exact) mass is 368 g/mol. The zero-order valence-electron chi connectivity index (χ0n) is 16.0. The molecule has 1 aromatic rings. The summed E-state index contributed by atoms with van der Waals surface area (Å²) in [5.74, 6) is 0.883. The van der Waals surface area contributed by atoms with E-state index < -0.39 is 5.60 Å². The van der Waals surface area contributed by atoms with E-state index in [-0.39, 0.29) is 12.4 Å². The van der Waals surface area contributed by atoms with Gasteiger partial charge in [0.25, 0.3) is 0 Å². The first-order chi connectivity index (χ1) is 11.7. The number of hydrogen-bond donors (Lipinski definition) is 1. The number of ether oxygens (including phenoxy) is 1. The maximum absolute atomic E-state index is 11.4. The number of halogens is 1. The molecule has 25 heavy (non-hydrogen) atoms. The van der Waals surface area contributed by atoms with E-state index in [1.807, 2.05) is 31.2 Å². The minimum absolute atomic E-state index is 0. The molecule has 2 rings (SSSR count). The van der Waals surface area contributed by atoms with Crippen molar-refractivity contribution in [3.63, 3.8) is 0 Å². The topological polar surface area (TPSA) is 32.7 Å². The molecule has 1 saturated heterocycles. The third-order valence-corrected chi connectivity index (χ3v) is 5.19. The van der Waals surface area contributed by atoms with Crippen LogP contribution in [0.1, 0.15) is 70.8 Å². The molecular formula is C21H35ClNO2-. The van der Waals surface area contributed by atoms with Crippen molar-refractivity contribution in [1.29, 1.82) is 0 Å². The molecule has 1 unspecified atom stereocenters. The zero-order valence-corrected chi connectivity index (χ0v) is 16.7. The van der Waals surface area contributed by atoms with Gasteiger partial charge in [-0.2, -0.15) is 0 Å². The number of benzene rings is 1. The quantitative estimate of drug-likeness (QED) is 0.638. The third-order valence-electron chi connectivity index (χ3n) is 5.19. The third kappa shape index (κ3) is 7.16. The van der Waals surface area contributed by atoms with E-state index >= 15 is 0 Å². The van der Waals surface area contributed by atoms with Crippen molar-refractivity contribution in [2.75, 3.05) is 26.2 Å². The summed E-state index contributed by atoms with van der Waals surface area (Å²) >= 11 is 0. The van der Waals surface area contributed by atoms with E-state index in [9.17, 15) is 5.11 Å². The van der Waals surface area contributed by atoms with Crippen LogP contribution in [-0.2, 0) is 5.60 Å². The van der Waals surface area contributed by atoms with Crippen LogP contribution in [0.15, 0.2) is 24.3 Å². The molecular weight excluding hydrogens is 334 g/mol. The van der Waals surface area contributed by atoms with E-state index in [2.05, 4.69) is 11.8 Å². The molecule has 0 aromatic heterocycles. The minimum Gasteiger partial charge on any atom is -1.00 e. The highest BCUT2D eigenvalue weighted by atomic mass is 35.5. The highest BCUT2D eigenvalue weighted by Gasteiger charge is 2.29. The lowest BCUT2D eigenvalue weighted by molar-refractivity contribution is -0.0000764. The van der Waals surface area contributed by atoms with Crippen LogP contribution in [0.3, 0.4) is 0 Å². The molecule has 0 aliphatic carbocycles. The Balaban J connectivity index is 0.00000312. The van der Waals surface area contributed by atoms with Crippen molar-refractivity contribution in [1.82, 2.24) is 4.90 Å². The lowest BCUT2D eigenvalue weighted by atomic mass is 9.85. The summed E-state index contributed by atoms with van der Waals surface area (Å²) in [6.45, 7) is 8.25. The van der Waals surface area contributed by atoms with Crippen molar-refractivity contribution in [2.45, 2.75) is 70.8 Å². The van der Waals surface area contributed by atoms with Gasteiger partial charge in [-0.25, -0.2) is 0 Å². The molecule has 3 nitrogen and oxygen atoms in total. The summed E-state index contributed by atoms with van der Waals surface area (Å²) in [6.07, 6.45) is 9.09. The molecule has 0 spiro atoms. The Morgan fingerprint density at radius 3 is 2.28 bits per heavy atom. The summed E-state index contributed by atoms with van der Waals surface area (Å²) in [6, 6.07) is 8.08. The maximum Gasteiger partial charge on any atom is 0.119 e. The maximum atomic E-state index is 11.4. The van der Waals surface area contributed by atoms with Crippen LogP contribution in [0.25, 0.3) is 0 Å². The van der Waals surface area contributed by atoms with Crippen LogP contribution in [0.2, 0.25) is 0 Å². The highest BCUT2D eigenvalue weighted by Crippen LogP contribution is 2.33. The largest absolute Gasteiger partial charge is 1.00 e. The fourth-order valence-corrected chi connectivity index (χ4v) is 3.64. The number of unbranched alkanes of at least 4 members (excludes halogenated alkanes) is 2. The Labute approximate surface area is 160 Å². The van der Waals surface area contributed by atoms with Gasteiger partial charge >= 0.3 is 0 Å². The Morgan fingerprint density at radius 1 is 1.00 bits per heavy atom. The summed E-state index contributed by atoms with van der Waals surface area (Å²) < 4.78 is 5.54. The molecule has 0 radical (unpaired) electrons. The van der Waals surface area contributed by atoms with E-state index in [4.69, 9.17) is 4.74 Å². The van der Waals surface area contributed by atoms with Gasteiger partial charge in [-0.15, -0.1) is 0 Å². The first-order valence-electron chi connectivity index (χ1n) is 9.86. The normalized spacial score (nSPS) is 17.6. The second kappa shape index (κ2) is 11.8. The van der Waals surface area contributed by atoms with Gasteiger partial charge in [0.05, 0.1) is 12.2 Å². The van der Waals surface area contributed by atoms with Gasteiger partial charge in [0.1, 0.15) is 5.75 Å². The van der Waals surface area contributed by atoms with Crippen LogP contribution in [-0.4, -0.2) is 36.2 Å². The minimum atomic E-state index is -0.711. The van der Waals surface area contributed by atoms with Crippen molar-refractivity contribution in [2.24, 2.45) is 0 Å². The Morgan fingerprint density at radius 2 is 1.68 bits per heavy atom. The summed E-state index contributed by atoms with van der Waals surface area (Å²) in [5, 5.41) is 11.4. The van der Waals surface area contributed by atoms with Gasteiger partial charge in [-0.1, -0.05) is 44.7 Å². The summed E-state index contributed by atoms with van der Waals surface area (Å²) in [7, 11) is 0. The molecule has 144 valence electrons. The molecule has 1 heterocycles. The molecule has 1 N–H and O–H groups in total. The first-order valence-corrected chi connectivity index (χ1v) is 9.86. The number of aliphatic hydroxyl groups is 1. The molecule has 1 fully saturated rings. The summed E-state index contributed by atoms with van der Waals surface area (Å²) in [4.78, 5) is 2.52. The molecule has 0 bridgehead atoms. The van der Waals surface area contributed by atoms with Gasteiger partial charge in [0, 0.05) is 6.54 Å². The van der Waals surface area contributed by atoms with Gasteiger partial charge in [-0.3, -0.25) is 0 Å². The Bertz CT molecular complexity index is 459. The second-order valence-electron chi connectivity index (χ2n) is 7.10. The molecule has 1 atom stereocenters. The average Bonchev–Trinajstić information content (AvgIpc) is 2.62. The van der Waals surface area contributed by atoms with Crippen molar-refractivity contribution in [3.8, 4) is 5.75 Å². The van der Waals surface area contributed by atoms with Gasteiger partial charge in [0.15, 0.2) is 0 Å². The first kappa shape index (κ1) is 22.3. The molecule has 1 aromatic carbocycles. The fraction of sp³-hybridized carbons (Fsp3) is 0.714. The smallest absolute Gasteiger partial charge is 0.119 e. The number of likely N-dealkylation sites (tertiary alicyclic amines) is 1. The van der Waals surface area contributed by atoms with Crippen LogP contribution < -0.4 is 17.1 Å². The Kier molecular flexibility index (Phi) is 10.5. The average molecular weight is 369 g/mol. The van der Waals surface area contributed by atoms with E-state index in [1.165, 1.54) is 45.2 Å². The highest BCUT2D eigenvalue weighted by molar-refractivity contribution is 5.31. The summed E-state index contributed by atoms with van der Waals surface area (Å²) in [5.41, 5.74) is 0.330. The van der Waals surface area contributed by atoms with Gasteiger partial charge < -0.3 is 27.2 Å². The van der Waals surface area contributed by atoms with E-state index in [0.717, 1.165) is 37.1 Å². The van der Waals surface area contributed by atoms with E-state index in [1.54, 1.807) is 0 Å². The predicted molar refractivity (Wildman–Crippen MR) is 101 cm³/mol. The lowest BCUT2D eigenvalue weighted by Gasteiger charge is -2.33. The van der Waals surface area contributed by atoms with Crippen molar-refractivity contribution < 1.29 is 22.3 Å². The van der Waals surface area contributed by atoms with Crippen LogP contribution in [0, 0.1) is 0 Å². The van der Waals surface area contributed by atoms with Crippen molar-refractivity contribution in [3.05, 3.63) is 29.8 Å². The van der Waals surface area contributed by atoms with Crippen LogP contribution in [0.5, 0.6) is 5.75 Å². The Hall–Kier alpha value is -0.770. The molecule has 0 saturated carbocycles. The fourth-order valence-electron chi connectivity index (χ4n) is 3.64. The number of hydrogen-bond acceptors (Lipinski definition) is 3. The standard InChI is InChI=1S/C21H35NO2.ClH/c1-3-5-7-14-21(23,15-18-22-16-8-6-9-17-22)19-10-12-20(13-11-19)24-4-2;/h10-13,23H,3-9,14-18H2,1-2H3;1H/p-1. The molecule has 1 aliphatic rings. The van der Waals surface area contributed by atoms with Gasteiger partial charge in [-0.05, 0) is 63.4 Å². The molecule has 1 aliphatic heterocycles. The molecule has 0 amide bonds. The SMILES string of the molecule is CCCCCC(O)(CCN1CCCCC1)c1ccc(OCC)cc1.[Cl-]. The number of piperidine rings is 1. The number of nitrogens with zero attached hydrogens (tertiary/aromatic N) is 1. The van der Waals surface area contributed by atoms with Crippen molar-refractivity contribution >= 4 is 0 Å². The lowest BCUT2D eigenvalue weighted by Crippen LogP contribution is -3.00. The number of rotatable bonds is 10. The molecule has 4 heteroatoms.